The van der Waals surface area contributed by atoms with Crippen LogP contribution >= 0.6 is 0 Å². The number of ether oxygens (including phenoxy) is 1. The second-order valence-electron chi connectivity index (χ2n) is 6.13. The molecular weight excluding hydrogens is 266 g/mol. The van der Waals surface area contributed by atoms with Crippen LogP contribution < -0.4 is 0 Å². The van der Waals surface area contributed by atoms with Crippen LogP contribution in [0.15, 0.2) is 24.3 Å². The van der Waals surface area contributed by atoms with Crippen LogP contribution in [0.2, 0.25) is 0 Å². The van der Waals surface area contributed by atoms with Gasteiger partial charge < -0.3 is 14.7 Å². The van der Waals surface area contributed by atoms with Crippen LogP contribution in [0.4, 0.5) is 0 Å². The molecule has 0 saturated carbocycles. The maximum atomic E-state index is 12.2. The molecule has 1 atom stereocenters. The number of esters is 1. The Hall–Kier alpha value is -1.39. The minimum absolute atomic E-state index is 0.0745. The smallest absolute Gasteiger partial charge is 0.339 e. The SMILES string of the molecule is CC(C)c1ccccc1C(O)C(=O)OC1CCN(C)CC1. The lowest BCUT2D eigenvalue weighted by atomic mass is 9.94. The molecule has 2 rings (SSSR count). The third kappa shape index (κ3) is 4.05. The summed E-state index contributed by atoms with van der Waals surface area (Å²) in [5, 5.41) is 10.3. The molecule has 4 nitrogen and oxygen atoms in total. The van der Waals surface area contributed by atoms with E-state index in [9.17, 15) is 9.90 Å². The average Bonchev–Trinajstić information content (AvgIpc) is 2.48. The molecule has 0 amide bonds. The van der Waals surface area contributed by atoms with E-state index in [1.165, 1.54) is 0 Å². The first-order chi connectivity index (χ1) is 9.99. The van der Waals surface area contributed by atoms with Gasteiger partial charge in [-0.05, 0) is 36.9 Å². The summed E-state index contributed by atoms with van der Waals surface area (Å²) in [4.78, 5) is 14.4. The van der Waals surface area contributed by atoms with E-state index in [-0.39, 0.29) is 12.0 Å². The average molecular weight is 291 g/mol. The fourth-order valence-electron chi connectivity index (χ4n) is 2.74. The molecule has 1 aliphatic rings. The van der Waals surface area contributed by atoms with Gasteiger partial charge in [0.15, 0.2) is 6.10 Å². The summed E-state index contributed by atoms with van der Waals surface area (Å²) in [6.07, 6.45) is 0.402. The van der Waals surface area contributed by atoms with Crippen molar-refractivity contribution in [2.24, 2.45) is 0 Å². The predicted octanol–water partition coefficient (Wildman–Crippen LogP) is 2.48. The molecule has 1 unspecified atom stereocenters. The largest absolute Gasteiger partial charge is 0.460 e. The van der Waals surface area contributed by atoms with Crippen LogP contribution in [0.3, 0.4) is 0 Å². The van der Waals surface area contributed by atoms with Crippen molar-refractivity contribution in [2.75, 3.05) is 20.1 Å². The van der Waals surface area contributed by atoms with Crippen molar-refractivity contribution in [2.45, 2.75) is 44.8 Å². The molecule has 116 valence electrons. The number of rotatable bonds is 4. The van der Waals surface area contributed by atoms with E-state index in [0.29, 0.717) is 5.56 Å². The lowest BCUT2D eigenvalue weighted by Gasteiger charge is -2.29. The molecule has 0 bridgehead atoms. The van der Waals surface area contributed by atoms with Gasteiger partial charge in [0.1, 0.15) is 6.10 Å². The number of carbonyl (C=O) groups excluding carboxylic acids is 1. The normalized spacial score (nSPS) is 18.7. The van der Waals surface area contributed by atoms with Gasteiger partial charge in [0.2, 0.25) is 0 Å². The molecule has 0 spiro atoms. The fraction of sp³-hybridized carbons (Fsp3) is 0.588. The molecule has 0 aliphatic carbocycles. The monoisotopic (exact) mass is 291 g/mol. The molecule has 0 radical (unpaired) electrons. The van der Waals surface area contributed by atoms with Crippen molar-refractivity contribution >= 4 is 5.97 Å². The van der Waals surface area contributed by atoms with E-state index >= 15 is 0 Å². The van der Waals surface area contributed by atoms with E-state index < -0.39 is 12.1 Å². The first-order valence-corrected chi connectivity index (χ1v) is 7.65. The first-order valence-electron chi connectivity index (χ1n) is 7.65. The third-order valence-corrected chi connectivity index (χ3v) is 4.08. The maximum Gasteiger partial charge on any atom is 0.339 e. The number of benzene rings is 1. The van der Waals surface area contributed by atoms with Gasteiger partial charge in [0.25, 0.3) is 0 Å². The number of nitrogens with zero attached hydrogens (tertiary/aromatic N) is 1. The van der Waals surface area contributed by atoms with Crippen LogP contribution in [-0.2, 0) is 9.53 Å². The Morgan fingerprint density at radius 3 is 2.38 bits per heavy atom. The number of piperidine rings is 1. The lowest BCUT2D eigenvalue weighted by Crippen LogP contribution is -2.36. The van der Waals surface area contributed by atoms with Gasteiger partial charge in [-0.3, -0.25) is 0 Å². The molecule has 1 aliphatic heterocycles. The van der Waals surface area contributed by atoms with E-state index in [1.54, 1.807) is 6.07 Å². The predicted molar refractivity (Wildman–Crippen MR) is 82.1 cm³/mol. The third-order valence-electron chi connectivity index (χ3n) is 4.08. The summed E-state index contributed by atoms with van der Waals surface area (Å²) in [5.41, 5.74) is 1.65. The zero-order valence-corrected chi connectivity index (χ0v) is 13.1. The van der Waals surface area contributed by atoms with Crippen molar-refractivity contribution in [3.05, 3.63) is 35.4 Å². The second kappa shape index (κ2) is 7.05. The molecule has 1 fully saturated rings. The Labute approximate surface area is 126 Å². The summed E-state index contributed by atoms with van der Waals surface area (Å²) >= 11 is 0. The number of hydrogen-bond acceptors (Lipinski definition) is 4. The standard InChI is InChI=1S/C17H25NO3/c1-12(2)14-6-4-5-7-15(14)16(19)17(20)21-13-8-10-18(3)11-9-13/h4-7,12-13,16,19H,8-11H2,1-3H3. The molecule has 1 saturated heterocycles. The Bertz CT molecular complexity index is 479. The molecule has 0 aromatic heterocycles. The summed E-state index contributed by atoms with van der Waals surface area (Å²) < 4.78 is 5.47. The number of carbonyl (C=O) groups is 1. The van der Waals surface area contributed by atoms with Crippen LogP contribution in [0.1, 0.15) is 49.8 Å². The first kappa shape index (κ1) is 16.0. The summed E-state index contributed by atoms with van der Waals surface area (Å²) in [7, 11) is 2.06. The van der Waals surface area contributed by atoms with Crippen molar-refractivity contribution in [1.29, 1.82) is 0 Å². The van der Waals surface area contributed by atoms with Crippen LogP contribution in [0.5, 0.6) is 0 Å². The van der Waals surface area contributed by atoms with Gasteiger partial charge in [-0.1, -0.05) is 38.1 Å². The number of aliphatic hydroxyl groups is 1. The highest BCUT2D eigenvalue weighted by Gasteiger charge is 2.27. The molecule has 1 aromatic carbocycles. The molecular formula is C17H25NO3. The number of hydrogen-bond donors (Lipinski definition) is 1. The lowest BCUT2D eigenvalue weighted by molar-refractivity contribution is -0.161. The molecule has 1 heterocycles. The van der Waals surface area contributed by atoms with Gasteiger partial charge in [-0.25, -0.2) is 4.79 Å². The van der Waals surface area contributed by atoms with Crippen molar-refractivity contribution in [1.82, 2.24) is 4.90 Å². The Balaban J connectivity index is 2.02. The Morgan fingerprint density at radius 2 is 1.81 bits per heavy atom. The Kier molecular flexibility index (Phi) is 5.37. The van der Waals surface area contributed by atoms with Crippen molar-refractivity contribution in [3.8, 4) is 0 Å². The van der Waals surface area contributed by atoms with Gasteiger partial charge in [0.05, 0.1) is 0 Å². The highest BCUT2D eigenvalue weighted by atomic mass is 16.6. The Morgan fingerprint density at radius 1 is 1.24 bits per heavy atom. The second-order valence-corrected chi connectivity index (χ2v) is 6.13. The molecule has 1 aromatic rings. The van der Waals surface area contributed by atoms with E-state index in [4.69, 9.17) is 4.74 Å². The van der Waals surface area contributed by atoms with Gasteiger partial charge in [-0.2, -0.15) is 0 Å². The number of aliphatic hydroxyl groups excluding tert-OH is 1. The van der Waals surface area contributed by atoms with E-state index in [2.05, 4.69) is 11.9 Å². The molecule has 1 N–H and O–H groups in total. The van der Waals surface area contributed by atoms with Crippen LogP contribution in [-0.4, -0.2) is 42.2 Å². The zero-order valence-electron chi connectivity index (χ0n) is 13.1. The summed E-state index contributed by atoms with van der Waals surface area (Å²) in [6.45, 7) is 5.95. The van der Waals surface area contributed by atoms with Crippen LogP contribution in [0.25, 0.3) is 0 Å². The van der Waals surface area contributed by atoms with E-state index in [0.717, 1.165) is 31.5 Å². The zero-order chi connectivity index (χ0) is 15.4. The van der Waals surface area contributed by atoms with Gasteiger partial charge in [-0.15, -0.1) is 0 Å². The van der Waals surface area contributed by atoms with E-state index in [1.807, 2.05) is 32.0 Å². The van der Waals surface area contributed by atoms with Crippen molar-refractivity contribution in [3.63, 3.8) is 0 Å². The molecule has 21 heavy (non-hydrogen) atoms. The van der Waals surface area contributed by atoms with Crippen molar-refractivity contribution < 1.29 is 14.6 Å². The highest BCUT2D eigenvalue weighted by Crippen LogP contribution is 2.26. The minimum atomic E-state index is -1.19. The van der Waals surface area contributed by atoms with Gasteiger partial charge >= 0.3 is 5.97 Å². The quantitative estimate of drug-likeness (QED) is 0.866. The minimum Gasteiger partial charge on any atom is -0.460 e. The fourth-order valence-corrected chi connectivity index (χ4v) is 2.74. The molecule has 4 heteroatoms. The maximum absolute atomic E-state index is 12.2. The highest BCUT2D eigenvalue weighted by molar-refractivity contribution is 5.77. The number of likely N-dealkylation sites (tertiary alicyclic amines) is 1. The topological polar surface area (TPSA) is 49.8 Å². The van der Waals surface area contributed by atoms with Crippen LogP contribution in [0, 0.1) is 0 Å². The summed E-state index contributed by atoms with van der Waals surface area (Å²) in [6, 6.07) is 7.52. The van der Waals surface area contributed by atoms with Gasteiger partial charge in [0, 0.05) is 13.1 Å². The summed E-state index contributed by atoms with van der Waals surface area (Å²) in [5.74, 6) is -0.273.